The summed E-state index contributed by atoms with van der Waals surface area (Å²) in [6, 6.07) is 19.3. The van der Waals surface area contributed by atoms with Gasteiger partial charge in [-0.05, 0) is 48.0 Å². The van der Waals surface area contributed by atoms with Crippen molar-refractivity contribution in [3.05, 3.63) is 98.6 Å². The Balaban J connectivity index is 1.56. The van der Waals surface area contributed by atoms with Crippen LogP contribution in [0.1, 0.15) is 21.5 Å². The summed E-state index contributed by atoms with van der Waals surface area (Å²) in [7, 11) is 1.46. The van der Waals surface area contributed by atoms with Crippen LogP contribution in [0.4, 0.5) is 0 Å². The Morgan fingerprint density at radius 3 is 2.55 bits per heavy atom. The number of benzene rings is 3. The minimum atomic E-state index is -0.572. The quantitative estimate of drug-likeness (QED) is 0.224. The molecular formula is C25H17BrClNO5. The predicted octanol–water partition coefficient (Wildman–Crippen LogP) is 5.72. The van der Waals surface area contributed by atoms with Crippen molar-refractivity contribution in [1.29, 1.82) is 0 Å². The van der Waals surface area contributed by atoms with Gasteiger partial charge in [0.1, 0.15) is 0 Å². The average molecular weight is 527 g/mol. The van der Waals surface area contributed by atoms with Crippen LogP contribution in [-0.2, 0) is 9.53 Å². The molecule has 3 aromatic carbocycles. The molecule has 0 amide bonds. The molecule has 33 heavy (non-hydrogen) atoms. The number of ketones is 1. The largest absolute Gasteiger partial charge is 0.493 e. The SMILES string of the molecule is COc1cc(/C=C2\N=C(c3ccc(Br)cc3)OC2=O)cc(Cl)c1OCC(=O)c1ccccc1. The fourth-order valence-electron chi connectivity index (χ4n) is 3.09. The number of esters is 1. The van der Waals surface area contributed by atoms with E-state index in [4.69, 9.17) is 25.8 Å². The summed E-state index contributed by atoms with van der Waals surface area (Å²) in [5.41, 5.74) is 1.90. The molecule has 0 bridgehead atoms. The highest BCUT2D eigenvalue weighted by molar-refractivity contribution is 9.10. The van der Waals surface area contributed by atoms with Gasteiger partial charge in [-0.25, -0.2) is 9.79 Å². The topological polar surface area (TPSA) is 74.2 Å². The standard InChI is InChI=1S/C25H17BrClNO5/c1-31-22-13-15(11-19(27)23(22)32-14-21(29)16-5-3-2-4-6-16)12-20-25(30)33-24(28-20)17-7-9-18(26)10-8-17/h2-13H,14H2,1H3/b20-12-. The lowest BCUT2D eigenvalue weighted by atomic mass is 10.1. The zero-order valence-electron chi connectivity index (χ0n) is 17.4. The van der Waals surface area contributed by atoms with E-state index in [0.29, 0.717) is 22.4 Å². The number of cyclic esters (lactones) is 1. The number of carbonyl (C=O) groups is 2. The van der Waals surface area contributed by atoms with Crippen molar-refractivity contribution >= 4 is 51.3 Å². The number of hydrogen-bond donors (Lipinski definition) is 0. The summed E-state index contributed by atoms with van der Waals surface area (Å²) in [6.07, 6.45) is 1.54. The van der Waals surface area contributed by atoms with E-state index in [9.17, 15) is 9.59 Å². The van der Waals surface area contributed by atoms with Gasteiger partial charge < -0.3 is 14.2 Å². The highest BCUT2D eigenvalue weighted by Gasteiger charge is 2.24. The lowest BCUT2D eigenvalue weighted by molar-refractivity contribution is -0.129. The zero-order chi connectivity index (χ0) is 23.4. The van der Waals surface area contributed by atoms with Crippen LogP contribution in [0.3, 0.4) is 0 Å². The van der Waals surface area contributed by atoms with Gasteiger partial charge in [0, 0.05) is 15.6 Å². The lowest BCUT2D eigenvalue weighted by Gasteiger charge is -2.13. The van der Waals surface area contributed by atoms with E-state index in [1.807, 2.05) is 18.2 Å². The molecule has 0 unspecified atom stereocenters. The molecule has 166 valence electrons. The molecule has 4 rings (SSSR count). The van der Waals surface area contributed by atoms with Crippen LogP contribution >= 0.6 is 27.5 Å². The first-order valence-electron chi connectivity index (χ1n) is 9.81. The molecule has 0 fully saturated rings. The smallest absolute Gasteiger partial charge is 0.363 e. The second-order valence-corrected chi connectivity index (χ2v) is 8.28. The van der Waals surface area contributed by atoms with Crippen LogP contribution in [0.2, 0.25) is 5.02 Å². The molecule has 0 N–H and O–H groups in total. The fourth-order valence-corrected chi connectivity index (χ4v) is 3.63. The molecule has 0 saturated carbocycles. The van der Waals surface area contributed by atoms with E-state index < -0.39 is 5.97 Å². The normalized spacial score (nSPS) is 14.1. The van der Waals surface area contributed by atoms with Gasteiger partial charge in [-0.3, -0.25) is 4.79 Å². The highest BCUT2D eigenvalue weighted by Crippen LogP contribution is 2.37. The van der Waals surface area contributed by atoms with E-state index in [1.54, 1.807) is 54.6 Å². The number of hydrogen-bond acceptors (Lipinski definition) is 6. The minimum absolute atomic E-state index is 0.124. The third-order valence-electron chi connectivity index (χ3n) is 4.71. The van der Waals surface area contributed by atoms with E-state index in [1.165, 1.54) is 7.11 Å². The summed E-state index contributed by atoms with van der Waals surface area (Å²) in [5, 5.41) is 0.227. The van der Waals surface area contributed by atoms with Gasteiger partial charge in [0.05, 0.1) is 12.1 Å². The first-order valence-corrected chi connectivity index (χ1v) is 11.0. The number of nitrogens with zero attached hydrogens (tertiary/aromatic N) is 1. The third-order valence-corrected chi connectivity index (χ3v) is 5.52. The number of halogens is 2. The molecule has 8 heteroatoms. The minimum Gasteiger partial charge on any atom is -0.493 e. The molecule has 1 aliphatic heterocycles. The summed E-state index contributed by atoms with van der Waals surface area (Å²) in [4.78, 5) is 28.9. The number of carbonyl (C=O) groups excluding carboxylic acids is 2. The first-order chi connectivity index (χ1) is 15.9. The Morgan fingerprint density at radius 1 is 1.12 bits per heavy atom. The summed E-state index contributed by atoms with van der Waals surface area (Å²) >= 11 is 9.77. The van der Waals surface area contributed by atoms with Gasteiger partial charge in [-0.15, -0.1) is 0 Å². The van der Waals surface area contributed by atoms with Gasteiger partial charge in [-0.2, -0.15) is 0 Å². The maximum absolute atomic E-state index is 12.3. The van der Waals surface area contributed by atoms with Crippen molar-refractivity contribution in [2.24, 2.45) is 4.99 Å². The Bertz CT molecular complexity index is 1270. The predicted molar refractivity (Wildman–Crippen MR) is 129 cm³/mol. The number of methoxy groups -OCH3 is 1. The molecule has 0 atom stereocenters. The van der Waals surface area contributed by atoms with Crippen molar-refractivity contribution in [2.45, 2.75) is 0 Å². The maximum Gasteiger partial charge on any atom is 0.363 e. The second-order valence-electron chi connectivity index (χ2n) is 6.95. The van der Waals surface area contributed by atoms with E-state index in [2.05, 4.69) is 20.9 Å². The highest BCUT2D eigenvalue weighted by atomic mass is 79.9. The first kappa shape index (κ1) is 22.8. The molecule has 1 aliphatic rings. The lowest BCUT2D eigenvalue weighted by Crippen LogP contribution is -2.12. The van der Waals surface area contributed by atoms with Crippen molar-refractivity contribution in [3.63, 3.8) is 0 Å². The monoisotopic (exact) mass is 525 g/mol. The number of aliphatic imine (C=N–C) groups is 1. The Morgan fingerprint density at radius 2 is 1.85 bits per heavy atom. The molecule has 6 nitrogen and oxygen atoms in total. The molecule has 3 aromatic rings. The van der Waals surface area contributed by atoms with Crippen molar-refractivity contribution in [2.75, 3.05) is 13.7 Å². The van der Waals surface area contributed by atoms with Crippen LogP contribution in [0.15, 0.2) is 81.9 Å². The van der Waals surface area contributed by atoms with Gasteiger partial charge >= 0.3 is 5.97 Å². The maximum atomic E-state index is 12.3. The summed E-state index contributed by atoms with van der Waals surface area (Å²) in [5.74, 6) is 0.00810. The molecule has 0 aliphatic carbocycles. The number of ether oxygens (including phenoxy) is 3. The molecule has 0 saturated heterocycles. The summed E-state index contributed by atoms with van der Waals surface area (Å²) in [6.45, 7) is -0.201. The average Bonchev–Trinajstić information content (AvgIpc) is 3.18. The molecule has 0 spiro atoms. The van der Waals surface area contributed by atoms with Crippen LogP contribution in [0.5, 0.6) is 11.5 Å². The van der Waals surface area contributed by atoms with Crippen LogP contribution < -0.4 is 9.47 Å². The van der Waals surface area contributed by atoms with Crippen molar-refractivity contribution in [1.82, 2.24) is 0 Å². The van der Waals surface area contributed by atoms with Gasteiger partial charge in [0.2, 0.25) is 5.90 Å². The Hall–Kier alpha value is -3.42. The Labute approximate surface area is 203 Å². The van der Waals surface area contributed by atoms with E-state index >= 15 is 0 Å². The van der Waals surface area contributed by atoms with Gasteiger partial charge in [-0.1, -0.05) is 57.9 Å². The van der Waals surface area contributed by atoms with Gasteiger partial charge in [0.25, 0.3) is 0 Å². The van der Waals surface area contributed by atoms with Crippen molar-refractivity contribution in [3.8, 4) is 11.5 Å². The summed E-state index contributed by atoms with van der Waals surface area (Å²) < 4.78 is 17.2. The van der Waals surface area contributed by atoms with Crippen LogP contribution in [0, 0.1) is 0 Å². The number of rotatable bonds is 7. The molecule has 0 aromatic heterocycles. The van der Waals surface area contributed by atoms with Crippen LogP contribution in [-0.4, -0.2) is 31.4 Å². The number of Topliss-reactive ketones (excluding diaryl/α,β-unsaturated/α-hetero) is 1. The molecule has 0 radical (unpaired) electrons. The van der Waals surface area contributed by atoms with Gasteiger partial charge in [0.15, 0.2) is 29.6 Å². The fraction of sp³-hybridized carbons (Fsp3) is 0.0800. The van der Waals surface area contributed by atoms with E-state index in [0.717, 1.165) is 4.47 Å². The van der Waals surface area contributed by atoms with Crippen LogP contribution in [0.25, 0.3) is 6.08 Å². The molecular weight excluding hydrogens is 510 g/mol. The Kier molecular flexibility index (Phi) is 6.91. The zero-order valence-corrected chi connectivity index (χ0v) is 19.7. The van der Waals surface area contributed by atoms with Crippen molar-refractivity contribution < 1.29 is 23.8 Å². The molecule has 1 heterocycles. The third kappa shape index (κ3) is 5.32. The van der Waals surface area contributed by atoms with E-state index in [-0.39, 0.29) is 34.8 Å². The second kappa shape index (κ2) is 10.0.